The number of oxazole rings is 1. The molecule has 0 aliphatic carbocycles. The predicted molar refractivity (Wildman–Crippen MR) is 81.7 cm³/mol. The van der Waals surface area contributed by atoms with Gasteiger partial charge in [0.15, 0.2) is 5.69 Å². The lowest BCUT2D eigenvalue weighted by molar-refractivity contribution is 0.0995. The van der Waals surface area contributed by atoms with E-state index in [-0.39, 0.29) is 23.4 Å². The van der Waals surface area contributed by atoms with Gasteiger partial charge in [0.1, 0.15) is 10.9 Å². The SMILES string of the molecule is Cc1oc(-c2cnc(Cl)cc2NC(C)C)nc1C(=O)N=[N+]=[N-]. The number of amides is 1. The molecular formula is C13H13ClN6O2. The number of rotatable bonds is 4. The summed E-state index contributed by atoms with van der Waals surface area (Å²) in [6, 6.07) is 1.79. The molecule has 0 unspecified atom stereocenters. The monoisotopic (exact) mass is 320 g/mol. The van der Waals surface area contributed by atoms with Gasteiger partial charge >= 0.3 is 0 Å². The second-order valence-electron chi connectivity index (χ2n) is 4.77. The molecule has 1 N–H and O–H groups in total. The third kappa shape index (κ3) is 3.36. The molecule has 0 saturated heterocycles. The van der Waals surface area contributed by atoms with Crippen molar-refractivity contribution in [2.24, 2.45) is 5.11 Å². The molecule has 0 radical (unpaired) electrons. The van der Waals surface area contributed by atoms with Gasteiger partial charge in [-0.1, -0.05) is 11.6 Å². The lowest BCUT2D eigenvalue weighted by Gasteiger charge is -2.12. The minimum Gasteiger partial charge on any atom is -0.441 e. The fourth-order valence-corrected chi connectivity index (χ4v) is 1.99. The van der Waals surface area contributed by atoms with Crippen LogP contribution in [0, 0.1) is 6.92 Å². The van der Waals surface area contributed by atoms with Gasteiger partial charge in [0, 0.05) is 17.2 Å². The van der Waals surface area contributed by atoms with Gasteiger partial charge in [0.05, 0.1) is 11.3 Å². The van der Waals surface area contributed by atoms with Gasteiger partial charge in [-0.25, -0.2) is 9.97 Å². The van der Waals surface area contributed by atoms with Crippen LogP contribution in [-0.2, 0) is 0 Å². The molecule has 0 aromatic carbocycles. The first-order chi connectivity index (χ1) is 10.4. The third-order valence-electron chi connectivity index (χ3n) is 2.68. The number of aromatic nitrogens is 2. The first-order valence-electron chi connectivity index (χ1n) is 6.41. The third-order valence-corrected chi connectivity index (χ3v) is 2.89. The summed E-state index contributed by atoms with van der Waals surface area (Å²) in [5.74, 6) is -0.338. The Kier molecular flexibility index (Phi) is 4.65. The van der Waals surface area contributed by atoms with E-state index in [0.717, 1.165) is 0 Å². The van der Waals surface area contributed by atoms with Crippen LogP contribution >= 0.6 is 11.6 Å². The number of halogens is 1. The standard InChI is InChI=1S/C13H13ClN6O2/c1-6(2)17-9-4-10(14)16-5-8(9)13-18-11(7(3)22-13)12(21)19-20-15/h4-6H,1-3H3,(H,16,17). The molecule has 8 nitrogen and oxygen atoms in total. The van der Waals surface area contributed by atoms with Gasteiger partial charge in [-0.2, -0.15) is 0 Å². The highest BCUT2D eigenvalue weighted by Crippen LogP contribution is 2.30. The first kappa shape index (κ1) is 15.8. The van der Waals surface area contributed by atoms with E-state index in [9.17, 15) is 4.79 Å². The smallest absolute Gasteiger partial charge is 0.271 e. The number of carbonyl (C=O) groups is 1. The zero-order chi connectivity index (χ0) is 16.3. The number of aryl methyl sites for hydroxylation is 1. The molecule has 2 aromatic heterocycles. The van der Waals surface area contributed by atoms with Crippen LogP contribution in [0.2, 0.25) is 5.15 Å². The minimum atomic E-state index is -0.796. The average molecular weight is 321 g/mol. The van der Waals surface area contributed by atoms with Crippen LogP contribution in [0.25, 0.3) is 21.9 Å². The van der Waals surface area contributed by atoms with Crippen LogP contribution < -0.4 is 5.32 Å². The van der Waals surface area contributed by atoms with Gasteiger partial charge in [0.25, 0.3) is 5.91 Å². The molecule has 2 rings (SSSR count). The molecule has 0 fully saturated rings. The summed E-state index contributed by atoms with van der Waals surface area (Å²) >= 11 is 5.90. The van der Waals surface area contributed by atoms with Crippen molar-refractivity contribution in [2.75, 3.05) is 5.32 Å². The molecule has 2 aromatic rings. The molecule has 22 heavy (non-hydrogen) atoms. The molecule has 0 bridgehead atoms. The highest BCUT2D eigenvalue weighted by molar-refractivity contribution is 6.29. The molecule has 9 heteroatoms. The maximum atomic E-state index is 11.6. The molecular weight excluding hydrogens is 308 g/mol. The summed E-state index contributed by atoms with van der Waals surface area (Å²) in [5.41, 5.74) is 9.54. The summed E-state index contributed by atoms with van der Waals surface area (Å²) in [6.45, 7) is 5.50. The number of hydrogen-bond acceptors (Lipinski definition) is 5. The molecule has 1 amide bonds. The summed E-state index contributed by atoms with van der Waals surface area (Å²) in [4.78, 5) is 22.2. The van der Waals surface area contributed by atoms with Gasteiger partial charge in [0.2, 0.25) is 5.89 Å². The lowest BCUT2D eigenvalue weighted by atomic mass is 10.2. The maximum absolute atomic E-state index is 11.6. The molecule has 114 valence electrons. The molecule has 0 aliphatic rings. The molecule has 0 atom stereocenters. The number of anilines is 1. The van der Waals surface area contributed by atoms with Gasteiger partial charge in [-0.3, -0.25) is 4.79 Å². The Morgan fingerprint density at radius 3 is 2.91 bits per heavy atom. The van der Waals surface area contributed by atoms with Crippen molar-refractivity contribution in [3.63, 3.8) is 0 Å². The van der Waals surface area contributed by atoms with Crippen molar-refractivity contribution in [3.05, 3.63) is 39.3 Å². The number of nitrogens with one attached hydrogen (secondary N) is 1. The Balaban J connectivity index is 2.50. The van der Waals surface area contributed by atoms with Crippen molar-refractivity contribution >= 4 is 23.2 Å². The maximum Gasteiger partial charge on any atom is 0.271 e. The quantitative estimate of drug-likeness (QED) is 0.396. The number of pyridine rings is 1. The molecule has 2 heterocycles. The second-order valence-corrected chi connectivity index (χ2v) is 5.16. The van der Waals surface area contributed by atoms with E-state index < -0.39 is 5.91 Å². The first-order valence-corrected chi connectivity index (χ1v) is 6.79. The Bertz CT molecular complexity index is 764. The second kappa shape index (κ2) is 6.46. The Morgan fingerprint density at radius 1 is 1.55 bits per heavy atom. The number of carbonyl (C=O) groups excluding carboxylic acids is 1. The summed E-state index contributed by atoms with van der Waals surface area (Å²) in [5, 5.41) is 6.54. The molecule has 0 spiro atoms. The van der Waals surface area contributed by atoms with Crippen LogP contribution in [0.3, 0.4) is 0 Å². The van der Waals surface area contributed by atoms with Crippen LogP contribution in [0.5, 0.6) is 0 Å². The summed E-state index contributed by atoms with van der Waals surface area (Å²) in [7, 11) is 0. The van der Waals surface area contributed by atoms with Crippen LogP contribution in [0.1, 0.15) is 30.1 Å². The van der Waals surface area contributed by atoms with E-state index in [2.05, 4.69) is 25.3 Å². The fraction of sp³-hybridized carbons (Fsp3) is 0.308. The Labute approximate surface area is 131 Å². The zero-order valence-electron chi connectivity index (χ0n) is 12.2. The van der Waals surface area contributed by atoms with E-state index in [4.69, 9.17) is 21.5 Å². The topological polar surface area (TPSA) is 117 Å². The predicted octanol–water partition coefficient (Wildman–Crippen LogP) is 3.97. The van der Waals surface area contributed by atoms with Crippen molar-refractivity contribution in [2.45, 2.75) is 26.8 Å². The lowest BCUT2D eigenvalue weighted by Crippen LogP contribution is -2.10. The summed E-state index contributed by atoms with van der Waals surface area (Å²) < 4.78 is 5.49. The number of nitrogens with zero attached hydrogens (tertiary/aromatic N) is 5. The van der Waals surface area contributed by atoms with Gasteiger partial charge < -0.3 is 9.73 Å². The number of hydrogen-bond donors (Lipinski definition) is 1. The van der Waals surface area contributed by atoms with E-state index in [0.29, 0.717) is 16.4 Å². The van der Waals surface area contributed by atoms with Crippen LogP contribution in [-0.4, -0.2) is 21.9 Å². The van der Waals surface area contributed by atoms with E-state index >= 15 is 0 Å². The summed E-state index contributed by atoms with van der Waals surface area (Å²) in [6.07, 6.45) is 1.50. The van der Waals surface area contributed by atoms with Gasteiger partial charge in [-0.15, -0.1) is 0 Å². The normalized spacial score (nSPS) is 10.4. The van der Waals surface area contributed by atoms with E-state index in [1.165, 1.54) is 6.20 Å². The highest BCUT2D eigenvalue weighted by atomic mass is 35.5. The van der Waals surface area contributed by atoms with Crippen molar-refractivity contribution < 1.29 is 9.21 Å². The molecule has 0 saturated carbocycles. The number of azide groups is 1. The van der Waals surface area contributed by atoms with Crippen molar-refractivity contribution in [1.82, 2.24) is 9.97 Å². The largest absolute Gasteiger partial charge is 0.441 e. The van der Waals surface area contributed by atoms with Crippen LogP contribution in [0.15, 0.2) is 21.8 Å². The Morgan fingerprint density at radius 2 is 2.27 bits per heavy atom. The van der Waals surface area contributed by atoms with E-state index in [1.807, 2.05) is 13.8 Å². The molecule has 0 aliphatic heterocycles. The average Bonchev–Trinajstić information content (AvgIpc) is 2.80. The Hall–Kier alpha value is -2.57. The van der Waals surface area contributed by atoms with Gasteiger partial charge in [-0.05, 0) is 37.5 Å². The van der Waals surface area contributed by atoms with Crippen molar-refractivity contribution in [1.29, 1.82) is 0 Å². The van der Waals surface area contributed by atoms with E-state index in [1.54, 1.807) is 13.0 Å². The van der Waals surface area contributed by atoms with Crippen molar-refractivity contribution in [3.8, 4) is 11.5 Å². The fourth-order valence-electron chi connectivity index (χ4n) is 1.83. The minimum absolute atomic E-state index is 0.0294. The highest BCUT2D eigenvalue weighted by Gasteiger charge is 2.19. The zero-order valence-corrected chi connectivity index (χ0v) is 12.9. The van der Waals surface area contributed by atoms with Crippen LogP contribution in [0.4, 0.5) is 5.69 Å².